The third kappa shape index (κ3) is 2.61. The van der Waals surface area contributed by atoms with Gasteiger partial charge in [-0.25, -0.2) is 13.8 Å². The van der Waals surface area contributed by atoms with Crippen LogP contribution in [0, 0.1) is 25.5 Å². The Balaban J connectivity index is 2.15. The molecule has 90 valence electrons. The van der Waals surface area contributed by atoms with Gasteiger partial charge in [0.25, 0.3) is 0 Å². The highest BCUT2D eigenvalue weighted by molar-refractivity contribution is 7.11. The number of rotatable bonds is 3. The van der Waals surface area contributed by atoms with Crippen LogP contribution in [0.3, 0.4) is 0 Å². The van der Waals surface area contributed by atoms with E-state index in [4.69, 9.17) is 0 Å². The van der Waals surface area contributed by atoms with Gasteiger partial charge < -0.3 is 5.32 Å². The normalized spacial score (nSPS) is 10.6. The molecule has 0 aliphatic carbocycles. The van der Waals surface area contributed by atoms with Gasteiger partial charge in [0.2, 0.25) is 0 Å². The lowest BCUT2D eigenvalue weighted by molar-refractivity contribution is 0.588. The van der Waals surface area contributed by atoms with Crippen molar-refractivity contribution >= 4 is 17.0 Å². The molecular weight excluding hydrogens is 242 g/mol. The molecule has 2 nitrogen and oxygen atoms in total. The quantitative estimate of drug-likeness (QED) is 0.904. The first kappa shape index (κ1) is 12.0. The van der Waals surface area contributed by atoms with E-state index in [1.807, 2.05) is 13.8 Å². The number of para-hydroxylation sites is 1. The molecule has 0 saturated carbocycles. The molecule has 0 spiro atoms. The van der Waals surface area contributed by atoms with Gasteiger partial charge in [-0.3, -0.25) is 0 Å². The second-order valence-corrected chi connectivity index (χ2v) is 4.98. The highest BCUT2D eigenvalue weighted by Gasteiger charge is 2.09. The van der Waals surface area contributed by atoms with Gasteiger partial charge >= 0.3 is 0 Å². The summed E-state index contributed by atoms with van der Waals surface area (Å²) in [6, 6.07) is 3.81. The van der Waals surface area contributed by atoms with Gasteiger partial charge in [-0.15, -0.1) is 11.3 Å². The number of nitrogens with zero attached hydrogens (tertiary/aromatic N) is 1. The summed E-state index contributed by atoms with van der Waals surface area (Å²) in [7, 11) is 0. The first-order valence-electron chi connectivity index (χ1n) is 5.18. The Labute approximate surface area is 102 Å². The van der Waals surface area contributed by atoms with Gasteiger partial charge in [0.05, 0.1) is 17.2 Å². The lowest BCUT2D eigenvalue weighted by atomic mass is 10.3. The Morgan fingerprint density at radius 1 is 1.24 bits per heavy atom. The van der Waals surface area contributed by atoms with Crippen LogP contribution in [0.2, 0.25) is 0 Å². The number of hydrogen-bond donors (Lipinski definition) is 1. The summed E-state index contributed by atoms with van der Waals surface area (Å²) < 4.78 is 26.7. The summed E-state index contributed by atoms with van der Waals surface area (Å²) >= 11 is 1.53. The molecule has 2 aromatic rings. The summed E-state index contributed by atoms with van der Waals surface area (Å²) in [6.45, 7) is 4.18. The summed E-state index contributed by atoms with van der Waals surface area (Å²) in [4.78, 5) is 5.25. The number of benzene rings is 1. The molecule has 5 heteroatoms. The minimum atomic E-state index is -0.580. The smallest absolute Gasteiger partial charge is 0.149 e. The fourth-order valence-corrected chi connectivity index (χ4v) is 2.45. The molecule has 0 fully saturated rings. The maximum Gasteiger partial charge on any atom is 0.149 e. The SMILES string of the molecule is Cc1nc(C)c(CNc2c(F)cccc2F)s1. The Morgan fingerprint density at radius 2 is 1.88 bits per heavy atom. The van der Waals surface area contributed by atoms with Crippen molar-refractivity contribution in [3.05, 3.63) is 45.4 Å². The third-order valence-corrected chi connectivity index (χ3v) is 3.46. The lowest BCUT2D eigenvalue weighted by Gasteiger charge is -2.07. The predicted molar refractivity (Wildman–Crippen MR) is 65.3 cm³/mol. The van der Waals surface area contributed by atoms with Crippen molar-refractivity contribution in [2.45, 2.75) is 20.4 Å². The number of nitrogens with one attached hydrogen (secondary N) is 1. The molecular formula is C12H12F2N2S. The van der Waals surface area contributed by atoms with E-state index in [1.165, 1.54) is 29.5 Å². The molecule has 1 aromatic carbocycles. The zero-order valence-corrected chi connectivity index (χ0v) is 10.4. The minimum absolute atomic E-state index is 0.0852. The molecule has 0 atom stereocenters. The van der Waals surface area contributed by atoms with E-state index < -0.39 is 11.6 Å². The van der Waals surface area contributed by atoms with E-state index in [2.05, 4.69) is 10.3 Å². The molecule has 2 rings (SSSR count). The first-order valence-corrected chi connectivity index (χ1v) is 6.00. The van der Waals surface area contributed by atoms with E-state index in [0.717, 1.165) is 15.6 Å². The summed E-state index contributed by atoms with van der Waals surface area (Å²) in [5.74, 6) is -1.16. The van der Waals surface area contributed by atoms with Crippen molar-refractivity contribution in [3.8, 4) is 0 Å². The number of anilines is 1. The third-order valence-electron chi connectivity index (χ3n) is 2.39. The zero-order valence-electron chi connectivity index (χ0n) is 9.55. The maximum atomic E-state index is 13.3. The van der Waals surface area contributed by atoms with Gasteiger partial charge in [-0.1, -0.05) is 6.07 Å². The average Bonchev–Trinajstić information content (AvgIpc) is 2.57. The van der Waals surface area contributed by atoms with E-state index >= 15 is 0 Å². The molecule has 1 heterocycles. The highest BCUT2D eigenvalue weighted by atomic mass is 32.1. The van der Waals surface area contributed by atoms with Crippen LogP contribution < -0.4 is 5.32 Å². The lowest BCUT2D eigenvalue weighted by Crippen LogP contribution is -2.03. The molecule has 0 saturated heterocycles. The van der Waals surface area contributed by atoms with Crippen molar-refractivity contribution in [3.63, 3.8) is 0 Å². The van der Waals surface area contributed by atoms with Crippen molar-refractivity contribution in [1.29, 1.82) is 0 Å². The molecule has 0 unspecified atom stereocenters. The van der Waals surface area contributed by atoms with Gasteiger partial charge in [-0.05, 0) is 26.0 Å². The molecule has 0 aliphatic heterocycles. The van der Waals surface area contributed by atoms with Crippen LogP contribution in [-0.4, -0.2) is 4.98 Å². The van der Waals surface area contributed by atoms with Crippen LogP contribution >= 0.6 is 11.3 Å². The van der Waals surface area contributed by atoms with Crippen molar-refractivity contribution in [1.82, 2.24) is 4.98 Å². The van der Waals surface area contributed by atoms with E-state index in [9.17, 15) is 8.78 Å². The Kier molecular flexibility index (Phi) is 3.38. The van der Waals surface area contributed by atoms with Crippen molar-refractivity contribution in [2.75, 3.05) is 5.32 Å². The predicted octanol–water partition coefficient (Wildman–Crippen LogP) is 3.65. The summed E-state index contributed by atoms with van der Waals surface area (Å²) in [5, 5.41) is 3.72. The fourth-order valence-electron chi connectivity index (χ4n) is 1.57. The fraction of sp³-hybridized carbons (Fsp3) is 0.250. The number of hydrogen-bond acceptors (Lipinski definition) is 3. The van der Waals surface area contributed by atoms with E-state index in [-0.39, 0.29) is 5.69 Å². The largest absolute Gasteiger partial charge is 0.375 e. The monoisotopic (exact) mass is 254 g/mol. The molecule has 0 aliphatic rings. The van der Waals surface area contributed by atoms with E-state index in [0.29, 0.717) is 6.54 Å². The highest BCUT2D eigenvalue weighted by Crippen LogP contribution is 2.22. The van der Waals surface area contributed by atoms with E-state index in [1.54, 1.807) is 0 Å². The van der Waals surface area contributed by atoms with Gasteiger partial charge in [0.15, 0.2) is 0 Å². The van der Waals surface area contributed by atoms with Gasteiger partial charge in [0, 0.05) is 4.88 Å². The standard InChI is InChI=1S/C12H12F2N2S/c1-7-11(17-8(2)16-7)6-15-12-9(13)4-3-5-10(12)14/h3-5,15H,6H2,1-2H3. The zero-order chi connectivity index (χ0) is 12.4. The number of thiazole rings is 1. The Morgan fingerprint density at radius 3 is 2.41 bits per heavy atom. The average molecular weight is 254 g/mol. The van der Waals surface area contributed by atoms with Crippen LogP contribution in [0.5, 0.6) is 0 Å². The van der Waals surface area contributed by atoms with Crippen molar-refractivity contribution < 1.29 is 8.78 Å². The number of halogens is 2. The second-order valence-electron chi connectivity index (χ2n) is 3.69. The minimum Gasteiger partial charge on any atom is -0.375 e. The van der Waals surface area contributed by atoms with Crippen LogP contribution in [0.1, 0.15) is 15.6 Å². The second kappa shape index (κ2) is 4.79. The summed E-state index contributed by atoms with van der Waals surface area (Å²) in [6.07, 6.45) is 0. The first-order chi connectivity index (χ1) is 8.08. The Bertz CT molecular complexity index is 517. The summed E-state index contributed by atoms with van der Waals surface area (Å²) in [5.41, 5.74) is 0.815. The molecule has 0 radical (unpaired) electrons. The molecule has 1 aromatic heterocycles. The number of aryl methyl sites for hydroxylation is 2. The van der Waals surface area contributed by atoms with Crippen LogP contribution in [0.25, 0.3) is 0 Å². The molecule has 0 amide bonds. The van der Waals surface area contributed by atoms with Crippen molar-refractivity contribution in [2.24, 2.45) is 0 Å². The number of aromatic nitrogens is 1. The van der Waals surface area contributed by atoms with Crippen LogP contribution in [0.15, 0.2) is 18.2 Å². The molecule has 0 bridgehead atoms. The van der Waals surface area contributed by atoms with Gasteiger partial charge in [-0.2, -0.15) is 0 Å². The maximum absolute atomic E-state index is 13.3. The molecule has 1 N–H and O–H groups in total. The van der Waals surface area contributed by atoms with Gasteiger partial charge in [0.1, 0.15) is 17.3 Å². The van der Waals surface area contributed by atoms with Crippen LogP contribution in [0.4, 0.5) is 14.5 Å². The molecule has 17 heavy (non-hydrogen) atoms. The Hall–Kier alpha value is -1.49. The topological polar surface area (TPSA) is 24.9 Å². The van der Waals surface area contributed by atoms with Crippen LogP contribution in [-0.2, 0) is 6.54 Å².